The van der Waals surface area contributed by atoms with E-state index in [0.717, 1.165) is 27.5 Å². The fourth-order valence-electron chi connectivity index (χ4n) is 3.07. The molecule has 0 fully saturated rings. The smallest absolute Gasteiger partial charge is 0.407 e. The topological polar surface area (TPSA) is 146 Å². The summed E-state index contributed by atoms with van der Waals surface area (Å²) in [4.78, 5) is 32.2. The molecule has 0 saturated heterocycles. The SMILES string of the molecule is CCNC(=O)Nc1cc2c(-c3ccncc3)ccc(CNC(=O)OCC(O)CO)c2cn1. The molecule has 0 aliphatic rings. The molecule has 0 radical (unpaired) electrons. The van der Waals surface area contributed by atoms with Crippen molar-refractivity contribution >= 4 is 28.7 Å². The highest BCUT2D eigenvalue weighted by Crippen LogP contribution is 2.31. The molecule has 3 amide bonds. The number of urea groups is 1. The van der Waals surface area contributed by atoms with Crippen molar-refractivity contribution < 1.29 is 24.5 Å². The lowest BCUT2D eigenvalue weighted by atomic mass is 9.96. The van der Waals surface area contributed by atoms with Crippen LogP contribution in [0, 0.1) is 0 Å². The van der Waals surface area contributed by atoms with Crippen molar-refractivity contribution in [1.82, 2.24) is 20.6 Å². The summed E-state index contributed by atoms with van der Waals surface area (Å²) in [6.07, 6.45) is 3.19. The van der Waals surface area contributed by atoms with Crippen LogP contribution in [0.4, 0.5) is 15.4 Å². The van der Waals surface area contributed by atoms with Gasteiger partial charge in [0.1, 0.15) is 18.5 Å². The van der Waals surface area contributed by atoms with E-state index in [9.17, 15) is 14.7 Å². The predicted octanol–water partition coefficient (Wildman–Crippen LogP) is 2.02. The Morgan fingerprint density at radius 2 is 1.91 bits per heavy atom. The van der Waals surface area contributed by atoms with E-state index in [4.69, 9.17) is 9.84 Å². The summed E-state index contributed by atoms with van der Waals surface area (Å²) in [6.45, 7) is 1.67. The Bertz CT molecular complexity index is 1080. The van der Waals surface area contributed by atoms with Gasteiger partial charge in [-0.15, -0.1) is 0 Å². The van der Waals surface area contributed by atoms with E-state index in [1.165, 1.54) is 0 Å². The maximum atomic E-state index is 11.9. The molecule has 0 aliphatic carbocycles. The van der Waals surface area contributed by atoms with Gasteiger partial charge in [0.25, 0.3) is 0 Å². The van der Waals surface area contributed by atoms with Crippen LogP contribution in [0.3, 0.4) is 0 Å². The zero-order valence-electron chi connectivity index (χ0n) is 17.5. The number of rotatable bonds is 8. The zero-order valence-corrected chi connectivity index (χ0v) is 17.5. The Morgan fingerprint density at radius 3 is 2.62 bits per heavy atom. The molecule has 0 saturated carbocycles. The predicted molar refractivity (Wildman–Crippen MR) is 119 cm³/mol. The number of fused-ring (bicyclic) bond motifs is 1. The van der Waals surface area contributed by atoms with Gasteiger partial charge in [-0.3, -0.25) is 10.3 Å². The highest BCUT2D eigenvalue weighted by Gasteiger charge is 2.13. The van der Waals surface area contributed by atoms with Gasteiger partial charge in [0, 0.05) is 37.1 Å². The van der Waals surface area contributed by atoms with Gasteiger partial charge in [0.05, 0.1) is 6.61 Å². The van der Waals surface area contributed by atoms with Crippen molar-refractivity contribution in [2.24, 2.45) is 0 Å². The van der Waals surface area contributed by atoms with Gasteiger partial charge in [-0.05, 0) is 47.2 Å². The van der Waals surface area contributed by atoms with E-state index < -0.39 is 18.8 Å². The van der Waals surface area contributed by atoms with E-state index >= 15 is 0 Å². The van der Waals surface area contributed by atoms with Crippen LogP contribution in [0.2, 0.25) is 0 Å². The highest BCUT2D eigenvalue weighted by atomic mass is 16.6. The molecule has 1 aromatic carbocycles. The molecule has 0 aliphatic heterocycles. The lowest BCUT2D eigenvalue weighted by Crippen LogP contribution is -2.29. The minimum atomic E-state index is -1.12. The van der Waals surface area contributed by atoms with Crippen LogP contribution in [0.25, 0.3) is 21.9 Å². The van der Waals surface area contributed by atoms with Crippen LogP contribution in [-0.2, 0) is 11.3 Å². The van der Waals surface area contributed by atoms with Crippen molar-refractivity contribution in [3.05, 3.63) is 54.5 Å². The molecule has 3 rings (SSSR count). The third kappa shape index (κ3) is 5.90. The number of anilines is 1. The third-order valence-corrected chi connectivity index (χ3v) is 4.60. The number of alkyl carbamates (subject to hydrolysis) is 1. The number of pyridine rings is 2. The molecule has 0 spiro atoms. The molecule has 168 valence electrons. The number of carbonyl (C=O) groups excluding carboxylic acids is 2. The maximum Gasteiger partial charge on any atom is 0.407 e. The summed E-state index contributed by atoms with van der Waals surface area (Å²) in [5.74, 6) is 0.390. The number of ether oxygens (including phenoxy) is 1. The fraction of sp³-hybridized carbons (Fsp3) is 0.273. The minimum Gasteiger partial charge on any atom is -0.447 e. The average molecular weight is 439 g/mol. The number of nitrogens with zero attached hydrogens (tertiary/aromatic N) is 2. The number of hydrogen-bond donors (Lipinski definition) is 5. The van der Waals surface area contributed by atoms with E-state index in [0.29, 0.717) is 12.4 Å². The Kier molecular flexibility index (Phi) is 7.90. The number of hydrogen-bond acceptors (Lipinski definition) is 7. The van der Waals surface area contributed by atoms with Crippen LogP contribution in [0.15, 0.2) is 48.9 Å². The van der Waals surface area contributed by atoms with Crippen molar-refractivity contribution in [2.75, 3.05) is 25.1 Å². The van der Waals surface area contributed by atoms with Crippen LogP contribution < -0.4 is 16.0 Å². The normalized spacial score (nSPS) is 11.6. The number of carbonyl (C=O) groups is 2. The van der Waals surface area contributed by atoms with Gasteiger partial charge in [-0.25, -0.2) is 14.6 Å². The Balaban J connectivity index is 1.89. The molecule has 0 bridgehead atoms. The summed E-state index contributed by atoms with van der Waals surface area (Å²) in [5, 5.41) is 27.7. The second kappa shape index (κ2) is 11.0. The molecule has 10 heteroatoms. The highest BCUT2D eigenvalue weighted by molar-refractivity contribution is 6.00. The summed E-state index contributed by atoms with van der Waals surface area (Å²) in [6, 6.07) is 8.99. The van der Waals surface area contributed by atoms with Crippen molar-refractivity contribution in [3.63, 3.8) is 0 Å². The molecule has 2 aromatic heterocycles. The standard InChI is InChI=1S/C22H25N5O5/c1-2-24-21(30)27-20-9-18-17(14-5-7-23-8-6-14)4-3-15(19(18)11-25-20)10-26-22(31)32-13-16(29)12-28/h3-9,11,16,28-29H,2,10,12-13H2,1H3,(H,26,31)(H2,24,25,27,30). The lowest BCUT2D eigenvalue weighted by molar-refractivity contribution is 0.0320. The first-order chi connectivity index (χ1) is 15.5. The van der Waals surface area contributed by atoms with E-state index in [-0.39, 0.29) is 19.2 Å². The first kappa shape index (κ1) is 22.9. The number of aromatic nitrogens is 2. The largest absolute Gasteiger partial charge is 0.447 e. The number of benzene rings is 1. The van der Waals surface area contributed by atoms with Crippen LogP contribution in [0.5, 0.6) is 0 Å². The second-order valence-corrected chi connectivity index (χ2v) is 6.90. The monoisotopic (exact) mass is 439 g/mol. The van der Waals surface area contributed by atoms with Gasteiger partial charge in [0.2, 0.25) is 0 Å². The van der Waals surface area contributed by atoms with Crippen molar-refractivity contribution in [1.29, 1.82) is 0 Å². The summed E-state index contributed by atoms with van der Waals surface area (Å²) in [7, 11) is 0. The number of amides is 3. The third-order valence-electron chi connectivity index (χ3n) is 4.60. The summed E-state index contributed by atoms with van der Waals surface area (Å²) < 4.78 is 4.87. The van der Waals surface area contributed by atoms with E-state index in [1.54, 1.807) is 24.7 Å². The number of nitrogens with one attached hydrogen (secondary N) is 3. The Morgan fingerprint density at radius 1 is 1.12 bits per heavy atom. The minimum absolute atomic E-state index is 0.159. The molecule has 5 N–H and O–H groups in total. The van der Waals surface area contributed by atoms with Crippen LogP contribution in [0.1, 0.15) is 12.5 Å². The van der Waals surface area contributed by atoms with Crippen molar-refractivity contribution in [3.8, 4) is 11.1 Å². The first-order valence-electron chi connectivity index (χ1n) is 10.1. The van der Waals surface area contributed by atoms with E-state index in [2.05, 4.69) is 25.9 Å². The molecule has 3 aromatic rings. The molecule has 10 nitrogen and oxygen atoms in total. The fourth-order valence-corrected chi connectivity index (χ4v) is 3.07. The molecule has 1 atom stereocenters. The molecular weight excluding hydrogens is 414 g/mol. The Hall–Kier alpha value is -3.76. The Labute approximate surface area is 184 Å². The van der Waals surface area contributed by atoms with Gasteiger partial charge in [0.15, 0.2) is 0 Å². The molecule has 2 heterocycles. The van der Waals surface area contributed by atoms with Gasteiger partial charge < -0.3 is 25.6 Å². The number of aliphatic hydroxyl groups is 2. The maximum absolute atomic E-state index is 11.9. The first-order valence-corrected chi connectivity index (χ1v) is 10.1. The molecule has 32 heavy (non-hydrogen) atoms. The van der Waals surface area contributed by atoms with Crippen molar-refractivity contribution in [2.45, 2.75) is 19.6 Å². The van der Waals surface area contributed by atoms with Gasteiger partial charge >= 0.3 is 12.1 Å². The summed E-state index contributed by atoms with van der Waals surface area (Å²) >= 11 is 0. The van der Waals surface area contributed by atoms with Gasteiger partial charge in [-0.1, -0.05) is 12.1 Å². The average Bonchev–Trinajstić information content (AvgIpc) is 2.81. The summed E-state index contributed by atoms with van der Waals surface area (Å²) in [5.41, 5.74) is 2.65. The lowest BCUT2D eigenvalue weighted by Gasteiger charge is -2.14. The second-order valence-electron chi connectivity index (χ2n) is 6.90. The van der Waals surface area contributed by atoms with Gasteiger partial charge in [-0.2, -0.15) is 0 Å². The van der Waals surface area contributed by atoms with Crippen LogP contribution >= 0.6 is 0 Å². The van der Waals surface area contributed by atoms with Crippen LogP contribution in [-0.4, -0.2) is 58.2 Å². The molecular formula is C22H25N5O5. The van der Waals surface area contributed by atoms with E-state index in [1.807, 2.05) is 31.2 Å². The molecule has 1 unspecified atom stereocenters. The number of aliphatic hydroxyl groups excluding tert-OH is 2. The quantitative estimate of drug-likeness (QED) is 0.361. The zero-order chi connectivity index (χ0) is 22.9.